The SMILES string of the molecule is CN(C)S(=O)(=O)c1ccc2c(c1)nc(CCC(=O)N[C@H]1CCSc3ccc(Cl)cc31)n2C. The fourth-order valence-electron chi connectivity index (χ4n) is 3.83. The quantitative estimate of drug-likeness (QED) is 0.566. The zero-order chi connectivity index (χ0) is 23.0. The second-order valence-electron chi connectivity index (χ2n) is 7.96. The van der Waals surface area contributed by atoms with E-state index in [2.05, 4.69) is 10.3 Å². The number of carbonyl (C=O) groups is 1. The Morgan fingerprint density at radius 2 is 2.06 bits per heavy atom. The molecule has 1 N–H and O–H groups in total. The molecule has 0 spiro atoms. The number of nitrogens with zero attached hydrogens (tertiary/aromatic N) is 3. The molecule has 0 saturated heterocycles. The van der Waals surface area contributed by atoms with Crippen molar-refractivity contribution < 1.29 is 13.2 Å². The van der Waals surface area contributed by atoms with Crippen molar-refractivity contribution in [2.45, 2.75) is 35.1 Å². The molecular formula is C22H25ClN4O3S2. The Labute approximate surface area is 197 Å². The zero-order valence-electron chi connectivity index (χ0n) is 18.1. The molecule has 2 aromatic carbocycles. The maximum absolute atomic E-state index is 12.7. The van der Waals surface area contributed by atoms with Gasteiger partial charge < -0.3 is 9.88 Å². The molecule has 1 aromatic heterocycles. The van der Waals surface area contributed by atoms with Gasteiger partial charge in [-0.1, -0.05) is 11.6 Å². The fraction of sp³-hybridized carbons (Fsp3) is 0.364. The minimum absolute atomic E-state index is 0.0447. The summed E-state index contributed by atoms with van der Waals surface area (Å²) in [7, 11) is 1.34. The van der Waals surface area contributed by atoms with Gasteiger partial charge in [-0.2, -0.15) is 0 Å². The molecule has 1 amide bonds. The smallest absolute Gasteiger partial charge is 0.242 e. The number of hydrogen-bond donors (Lipinski definition) is 1. The van der Waals surface area contributed by atoms with E-state index in [1.807, 2.05) is 29.8 Å². The summed E-state index contributed by atoms with van der Waals surface area (Å²) in [6.45, 7) is 0. The van der Waals surface area contributed by atoms with Crippen LogP contribution in [0.3, 0.4) is 0 Å². The van der Waals surface area contributed by atoms with E-state index >= 15 is 0 Å². The standard InChI is InChI=1S/C22H25ClN4O3S2/c1-26(2)32(29,30)15-5-6-19-18(13-15)24-21(27(19)3)8-9-22(28)25-17-10-11-31-20-7-4-14(23)12-16(17)20/h4-7,12-13,17H,8-11H2,1-3H3,(H,25,28)/t17-/m0/s1. The normalized spacial score (nSPS) is 16.3. The second-order valence-corrected chi connectivity index (χ2v) is 11.7. The third kappa shape index (κ3) is 4.52. The van der Waals surface area contributed by atoms with E-state index in [1.165, 1.54) is 18.4 Å². The number of halogens is 1. The lowest BCUT2D eigenvalue weighted by Crippen LogP contribution is -2.31. The molecule has 0 fully saturated rings. The largest absolute Gasteiger partial charge is 0.349 e. The van der Waals surface area contributed by atoms with E-state index in [0.29, 0.717) is 23.4 Å². The van der Waals surface area contributed by atoms with Crippen molar-refractivity contribution in [3.05, 3.63) is 52.8 Å². The number of amides is 1. The number of sulfonamides is 1. The van der Waals surface area contributed by atoms with Crippen molar-refractivity contribution in [1.29, 1.82) is 0 Å². The van der Waals surface area contributed by atoms with Gasteiger partial charge in [0.2, 0.25) is 15.9 Å². The summed E-state index contributed by atoms with van der Waals surface area (Å²) in [6.07, 6.45) is 1.61. The predicted octanol–water partition coefficient (Wildman–Crippen LogP) is 3.76. The zero-order valence-corrected chi connectivity index (χ0v) is 20.5. The molecule has 0 aliphatic carbocycles. The van der Waals surface area contributed by atoms with Crippen molar-refractivity contribution in [2.24, 2.45) is 7.05 Å². The Morgan fingerprint density at radius 3 is 2.81 bits per heavy atom. The summed E-state index contributed by atoms with van der Waals surface area (Å²) < 4.78 is 27.9. The number of rotatable bonds is 6. The number of aryl methyl sites for hydroxylation is 2. The van der Waals surface area contributed by atoms with Gasteiger partial charge in [0.15, 0.2) is 0 Å². The van der Waals surface area contributed by atoms with Gasteiger partial charge in [0.25, 0.3) is 0 Å². The average molecular weight is 493 g/mol. The van der Waals surface area contributed by atoms with Crippen molar-refractivity contribution in [2.75, 3.05) is 19.8 Å². The predicted molar refractivity (Wildman–Crippen MR) is 128 cm³/mol. The molecule has 0 saturated carbocycles. The first-order chi connectivity index (χ1) is 15.2. The number of benzene rings is 2. The van der Waals surface area contributed by atoms with Crippen LogP contribution < -0.4 is 5.32 Å². The highest BCUT2D eigenvalue weighted by molar-refractivity contribution is 7.99. The number of imidazole rings is 1. The number of aromatic nitrogens is 2. The van der Waals surface area contributed by atoms with Gasteiger partial charge in [0.1, 0.15) is 5.82 Å². The number of nitrogens with one attached hydrogen (secondary N) is 1. The van der Waals surface area contributed by atoms with Gasteiger partial charge >= 0.3 is 0 Å². The highest BCUT2D eigenvalue weighted by Gasteiger charge is 2.23. The Balaban J connectivity index is 1.47. The van der Waals surface area contributed by atoms with Crippen LogP contribution in [0.1, 0.15) is 30.3 Å². The summed E-state index contributed by atoms with van der Waals surface area (Å²) in [5.41, 5.74) is 2.49. The molecule has 0 unspecified atom stereocenters. The van der Waals surface area contributed by atoms with Gasteiger partial charge in [-0.25, -0.2) is 17.7 Å². The number of thioether (sulfide) groups is 1. The van der Waals surface area contributed by atoms with Gasteiger partial charge in [0.05, 0.1) is 22.0 Å². The molecule has 10 heteroatoms. The lowest BCUT2D eigenvalue weighted by molar-refractivity contribution is -0.121. The van der Waals surface area contributed by atoms with Crippen LogP contribution in [-0.2, 0) is 28.3 Å². The Morgan fingerprint density at radius 1 is 1.28 bits per heavy atom. The topological polar surface area (TPSA) is 84.3 Å². The maximum atomic E-state index is 12.7. The van der Waals surface area contributed by atoms with Gasteiger partial charge in [0, 0.05) is 49.7 Å². The minimum atomic E-state index is -3.53. The van der Waals surface area contributed by atoms with Crippen LogP contribution >= 0.6 is 23.4 Å². The van der Waals surface area contributed by atoms with E-state index in [1.54, 1.807) is 30.0 Å². The molecule has 3 aromatic rings. The summed E-state index contributed by atoms with van der Waals surface area (Å²) in [6, 6.07) is 10.7. The first-order valence-electron chi connectivity index (χ1n) is 10.3. The first kappa shape index (κ1) is 23.1. The highest BCUT2D eigenvalue weighted by Crippen LogP contribution is 2.37. The molecule has 1 atom stereocenters. The second kappa shape index (κ2) is 9.05. The summed E-state index contributed by atoms with van der Waals surface area (Å²) in [5, 5.41) is 3.80. The molecular weight excluding hydrogens is 468 g/mol. The molecule has 1 aliphatic rings. The molecule has 7 nitrogen and oxygen atoms in total. The van der Waals surface area contributed by atoms with Crippen LogP contribution in [0.25, 0.3) is 11.0 Å². The minimum Gasteiger partial charge on any atom is -0.349 e. The first-order valence-corrected chi connectivity index (χ1v) is 13.1. The molecule has 170 valence electrons. The molecule has 4 rings (SSSR count). The van der Waals surface area contributed by atoms with Crippen LogP contribution in [-0.4, -0.2) is 48.0 Å². The van der Waals surface area contributed by atoms with Crippen molar-refractivity contribution in [1.82, 2.24) is 19.2 Å². The number of hydrogen-bond acceptors (Lipinski definition) is 5. The molecule has 0 radical (unpaired) electrons. The Hall–Kier alpha value is -2.07. The summed E-state index contributed by atoms with van der Waals surface area (Å²) >= 11 is 7.94. The lowest BCUT2D eigenvalue weighted by atomic mass is 10.0. The Bertz CT molecular complexity index is 1290. The number of fused-ring (bicyclic) bond motifs is 2. The summed E-state index contributed by atoms with van der Waals surface area (Å²) in [4.78, 5) is 18.6. The van der Waals surface area contributed by atoms with Crippen molar-refractivity contribution >= 4 is 50.3 Å². The van der Waals surface area contributed by atoms with Crippen LogP contribution in [0.5, 0.6) is 0 Å². The molecule has 1 aliphatic heterocycles. The van der Waals surface area contributed by atoms with Gasteiger partial charge in [-0.3, -0.25) is 4.79 Å². The molecule has 0 bridgehead atoms. The maximum Gasteiger partial charge on any atom is 0.242 e. The van der Waals surface area contributed by atoms with E-state index in [9.17, 15) is 13.2 Å². The van der Waals surface area contributed by atoms with Crippen LogP contribution in [0, 0.1) is 0 Å². The van der Waals surface area contributed by atoms with Gasteiger partial charge in [-0.05, 0) is 48.4 Å². The summed E-state index contributed by atoms with van der Waals surface area (Å²) in [5.74, 6) is 1.63. The third-order valence-corrected chi connectivity index (χ3v) is 8.81. The number of carbonyl (C=O) groups excluding carboxylic acids is 1. The fourth-order valence-corrected chi connectivity index (χ4v) is 6.04. The Kier molecular flexibility index (Phi) is 6.53. The molecule has 2 heterocycles. The van der Waals surface area contributed by atoms with Crippen LogP contribution in [0.2, 0.25) is 5.02 Å². The van der Waals surface area contributed by atoms with E-state index in [-0.39, 0.29) is 16.8 Å². The van der Waals surface area contributed by atoms with E-state index < -0.39 is 10.0 Å². The monoisotopic (exact) mass is 492 g/mol. The van der Waals surface area contributed by atoms with Crippen molar-refractivity contribution in [3.63, 3.8) is 0 Å². The third-order valence-electron chi connectivity index (χ3n) is 5.65. The molecule has 32 heavy (non-hydrogen) atoms. The highest BCUT2D eigenvalue weighted by atomic mass is 35.5. The lowest BCUT2D eigenvalue weighted by Gasteiger charge is -2.26. The van der Waals surface area contributed by atoms with Gasteiger partial charge in [-0.15, -0.1) is 11.8 Å². The van der Waals surface area contributed by atoms with E-state index in [0.717, 1.165) is 34.0 Å². The van der Waals surface area contributed by atoms with Crippen molar-refractivity contribution in [3.8, 4) is 0 Å². The van der Waals surface area contributed by atoms with Crippen LogP contribution in [0.4, 0.5) is 0 Å². The average Bonchev–Trinajstić information content (AvgIpc) is 3.07. The van der Waals surface area contributed by atoms with Crippen LogP contribution in [0.15, 0.2) is 46.2 Å². The van der Waals surface area contributed by atoms with E-state index in [4.69, 9.17) is 11.6 Å².